The Morgan fingerprint density at radius 2 is 1.96 bits per heavy atom. The van der Waals surface area contributed by atoms with Gasteiger partial charge in [-0.3, -0.25) is 4.79 Å². The number of pyridine rings is 1. The Balaban J connectivity index is 1.57. The number of nitrogens with one attached hydrogen (secondary N) is 2. The second-order valence-corrected chi connectivity index (χ2v) is 15.6. The maximum atomic E-state index is 15.4. The van der Waals surface area contributed by atoms with E-state index in [0.29, 0.717) is 51.6 Å². The van der Waals surface area contributed by atoms with Gasteiger partial charge in [0.15, 0.2) is 17.2 Å². The molecule has 1 aliphatic heterocycles. The van der Waals surface area contributed by atoms with Crippen molar-refractivity contribution < 1.29 is 42.6 Å². The lowest BCUT2D eigenvalue weighted by Crippen LogP contribution is -2.47. The summed E-state index contributed by atoms with van der Waals surface area (Å²) in [5.41, 5.74) is -0.889. The second-order valence-electron chi connectivity index (χ2n) is 13.7. The van der Waals surface area contributed by atoms with Crippen LogP contribution in [0.5, 0.6) is 17.2 Å². The Morgan fingerprint density at radius 1 is 1.20 bits per heavy atom. The van der Waals surface area contributed by atoms with Crippen LogP contribution in [0.15, 0.2) is 48.7 Å². The van der Waals surface area contributed by atoms with Crippen molar-refractivity contribution in [1.29, 1.82) is 0 Å². The van der Waals surface area contributed by atoms with Gasteiger partial charge < -0.3 is 39.0 Å². The molecule has 274 valence electrons. The maximum absolute atomic E-state index is 15.4. The van der Waals surface area contributed by atoms with E-state index >= 15 is 4.39 Å². The van der Waals surface area contributed by atoms with Gasteiger partial charge in [0.2, 0.25) is 0 Å². The van der Waals surface area contributed by atoms with Crippen LogP contribution in [0.3, 0.4) is 0 Å². The van der Waals surface area contributed by atoms with E-state index in [1.54, 1.807) is 35.0 Å². The second kappa shape index (κ2) is 15.2. The Hall–Kier alpha value is -4.21. The van der Waals surface area contributed by atoms with Crippen LogP contribution in [0.2, 0.25) is 0 Å². The van der Waals surface area contributed by atoms with Crippen molar-refractivity contribution in [2.75, 3.05) is 40.1 Å². The molecule has 3 atom stereocenters. The number of ether oxygens (including phenoxy) is 4. The molecular weight excluding hydrogens is 679 g/mol. The van der Waals surface area contributed by atoms with Crippen molar-refractivity contribution in [3.63, 3.8) is 0 Å². The van der Waals surface area contributed by atoms with E-state index in [4.69, 9.17) is 29.0 Å². The first kappa shape index (κ1) is 38.0. The fourth-order valence-corrected chi connectivity index (χ4v) is 6.55. The summed E-state index contributed by atoms with van der Waals surface area (Å²) in [5, 5.41) is 24.2. The predicted octanol–water partition coefficient (Wildman–Crippen LogP) is 4.72. The molecule has 0 aliphatic carbocycles. The molecular formula is C37H46FN4O8S+. The number of methoxy groups -OCH3 is 1. The minimum Gasteiger partial charge on any atom is -0.493 e. The monoisotopic (exact) mass is 725 g/mol. The van der Waals surface area contributed by atoms with Crippen LogP contribution in [0.1, 0.15) is 62.7 Å². The van der Waals surface area contributed by atoms with Crippen LogP contribution in [0, 0.1) is 12.7 Å². The van der Waals surface area contributed by atoms with Gasteiger partial charge >= 0.3 is 0 Å². The number of aliphatic hydroxyl groups excluding tert-OH is 1. The van der Waals surface area contributed by atoms with Gasteiger partial charge in [-0.1, -0.05) is 19.1 Å². The number of hydrogen-bond donors (Lipinski definition) is 4. The van der Waals surface area contributed by atoms with Crippen LogP contribution < -0.4 is 24.2 Å². The normalized spacial score (nSPS) is 17.4. The number of fused-ring (bicyclic) bond motifs is 2. The molecule has 14 heteroatoms. The number of halogens is 1. The Kier molecular flexibility index (Phi) is 11.3. The van der Waals surface area contributed by atoms with Crippen LogP contribution >= 0.6 is 0 Å². The predicted molar refractivity (Wildman–Crippen MR) is 192 cm³/mol. The van der Waals surface area contributed by atoms with E-state index in [9.17, 15) is 14.1 Å². The molecule has 3 unspecified atom stereocenters. The summed E-state index contributed by atoms with van der Waals surface area (Å²) in [6.07, 6.45) is 2.53. The lowest BCUT2D eigenvalue weighted by molar-refractivity contribution is 0.0700. The lowest BCUT2D eigenvalue weighted by Gasteiger charge is -2.29. The number of para-hydroxylation sites is 1. The molecule has 0 saturated heterocycles. The molecule has 0 bridgehead atoms. The zero-order valence-electron chi connectivity index (χ0n) is 29.8. The number of amides is 1. The minimum atomic E-state index is -1.96. The number of carbonyl (C=O) groups excluding carboxylic acids is 1. The molecule has 1 amide bonds. The summed E-state index contributed by atoms with van der Waals surface area (Å²) in [7, 11) is -0.0710. The quantitative estimate of drug-likeness (QED) is 0.101. The molecule has 4 N–H and O–H groups in total. The van der Waals surface area contributed by atoms with Crippen LogP contribution in [-0.4, -0.2) is 74.7 Å². The van der Waals surface area contributed by atoms with Gasteiger partial charge in [-0.2, -0.15) is 0 Å². The first-order chi connectivity index (χ1) is 24.1. The largest absolute Gasteiger partial charge is 0.493 e. The van der Waals surface area contributed by atoms with Gasteiger partial charge in [0, 0.05) is 34.9 Å². The molecule has 2 aromatic carbocycles. The van der Waals surface area contributed by atoms with E-state index in [0.717, 1.165) is 6.42 Å². The SMILES string of the molecule is [CH2+]C(O)(CNC(=O)c1ccc(OCCO)c(OC)c1)c1cc2c(c(-c3cn(COCCC)c4c(F)cccc34)n1)OCC2(C)NS(=O)C(C)(C)C. The van der Waals surface area contributed by atoms with E-state index < -0.39 is 38.6 Å². The Morgan fingerprint density at radius 3 is 2.65 bits per heavy atom. The number of hydrogen-bond acceptors (Lipinski definition) is 9. The molecule has 12 nitrogen and oxygen atoms in total. The zero-order valence-corrected chi connectivity index (χ0v) is 30.6. The number of rotatable bonds is 15. The summed E-state index contributed by atoms with van der Waals surface area (Å²) >= 11 is 0. The molecule has 5 rings (SSSR count). The smallest absolute Gasteiger partial charge is 0.262 e. The van der Waals surface area contributed by atoms with Crippen molar-refractivity contribution in [3.8, 4) is 28.5 Å². The highest BCUT2D eigenvalue weighted by Crippen LogP contribution is 2.47. The average molecular weight is 726 g/mol. The van der Waals surface area contributed by atoms with Gasteiger partial charge in [0.1, 0.15) is 44.1 Å². The van der Waals surface area contributed by atoms with Crippen molar-refractivity contribution in [2.45, 2.75) is 63.7 Å². The van der Waals surface area contributed by atoms with Crippen LogP contribution in [0.25, 0.3) is 22.2 Å². The number of carbonyl (C=O) groups is 1. The first-order valence-electron chi connectivity index (χ1n) is 16.6. The molecule has 2 aromatic heterocycles. The van der Waals surface area contributed by atoms with Crippen LogP contribution in [0.4, 0.5) is 4.39 Å². The molecule has 4 aromatic rings. The zero-order chi connectivity index (χ0) is 37.1. The van der Waals surface area contributed by atoms with Gasteiger partial charge in [0.25, 0.3) is 11.5 Å². The van der Waals surface area contributed by atoms with Gasteiger partial charge in [-0.25, -0.2) is 18.3 Å². The number of nitrogens with zero attached hydrogens (tertiary/aromatic N) is 2. The minimum absolute atomic E-state index is 0.0556. The summed E-state index contributed by atoms with van der Waals surface area (Å²) in [4.78, 5) is 18.1. The number of aliphatic hydroxyl groups is 2. The van der Waals surface area contributed by atoms with Crippen LogP contribution in [-0.2, 0) is 33.6 Å². The highest BCUT2D eigenvalue weighted by molar-refractivity contribution is 7.84. The van der Waals surface area contributed by atoms with Crippen molar-refractivity contribution in [1.82, 2.24) is 19.6 Å². The molecule has 51 heavy (non-hydrogen) atoms. The third-order valence-corrected chi connectivity index (χ3v) is 10.2. The van der Waals surface area contributed by atoms with Gasteiger partial charge in [-0.15, -0.1) is 0 Å². The third-order valence-electron chi connectivity index (χ3n) is 8.42. The highest BCUT2D eigenvalue weighted by atomic mass is 32.2. The maximum Gasteiger partial charge on any atom is 0.262 e. The van der Waals surface area contributed by atoms with Gasteiger partial charge in [0.05, 0.1) is 47.0 Å². The molecule has 0 saturated carbocycles. The van der Waals surface area contributed by atoms with E-state index in [-0.39, 0.29) is 44.4 Å². The molecule has 0 spiro atoms. The summed E-state index contributed by atoms with van der Waals surface area (Å²) in [6.45, 7) is 13.6. The summed E-state index contributed by atoms with van der Waals surface area (Å²) in [6, 6.07) is 11.0. The topological polar surface area (TPSA) is 153 Å². The van der Waals surface area contributed by atoms with Crippen molar-refractivity contribution in [2.24, 2.45) is 0 Å². The number of aromatic nitrogens is 2. The highest BCUT2D eigenvalue weighted by Gasteiger charge is 2.45. The fraction of sp³-hybridized carbons (Fsp3) is 0.432. The number of benzene rings is 2. The van der Waals surface area contributed by atoms with E-state index in [1.165, 1.54) is 25.3 Å². The summed E-state index contributed by atoms with van der Waals surface area (Å²) in [5.74, 6) is 0.0668. The van der Waals surface area contributed by atoms with E-state index in [1.807, 2.05) is 34.6 Å². The molecule has 1 aliphatic rings. The van der Waals surface area contributed by atoms with E-state index in [2.05, 4.69) is 17.0 Å². The average Bonchev–Trinajstić information content (AvgIpc) is 3.63. The standard InChI is InChI=1S/C37H45FN4O8S/c1-8-15-48-22-42-19-25(24-10-9-11-27(38)32(24)42)31-33-26(36(5,21-50-33)41-51(46)35(2,3)4)18-30(40-31)37(6,45)20-39-34(44)23-12-13-28(49-16-14-43)29(17-23)47-7/h9-13,17-19,41,43,45H,6,8,14-16,20-22H2,1-5,7H3/p+1. The fourth-order valence-electron chi connectivity index (χ4n) is 5.66. The summed E-state index contributed by atoms with van der Waals surface area (Å²) < 4.78 is 55.9. The van der Waals surface area contributed by atoms with Crippen molar-refractivity contribution >= 4 is 27.8 Å². The first-order valence-corrected chi connectivity index (χ1v) is 17.8. The Bertz CT molecular complexity index is 1920. The van der Waals surface area contributed by atoms with Crippen molar-refractivity contribution in [3.05, 3.63) is 78.2 Å². The molecule has 3 heterocycles. The van der Waals surface area contributed by atoms with Gasteiger partial charge in [-0.05, 0) is 64.4 Å². The third kappa shape index (κ3) is 8.00. The molecule has 0 radical (unpaired) electrons. The molecule has 0 fully saturated rings. The Labute approximate surface area is 299 Å². The lowest BCUT2D eigenvalue weighted by atomic mass is 9.90.